The molecule has 5 heteroatoms. The van der Waals surface area contributed by atoms with Gasteiger partial charge in [0.25, 0.3) is 0 Å². The Morgan fingerprint density at radius 3 is 3.00 bits per heavy atom. The van der Waals surface area contributed by atoms with E-state index in [0.717, 1.165) is 30.9 Å². The van der Waals surface area contributed by atoms with Crippen molar-refractivity contribution < 1.29 is 4.39 Å². The van der Waals surface area contributed by atoms with E-state index in [1.165, 1.54) is 12.1 Å². The molecule has 0 bridgehead atoms. The molecule has 3 nitrogen and oxygen atoms in total. The van der Waals surface area contributed by atoms with Crippen molar-refractivity contribution in [3.05, 3.63) is 47.3 Å². The van der Waals surface area contributed by atoms with Crippen LogP contribution >= 0.6 is 11.6 Å². The van der Waals surface area contributed by atoms with E-state index in [-0.39, 0.29) is 5.82 Å². The number of halogens is 2. The van der Waals surface area contributed by atoms with Gasteiger partial charge in [0, 0.05) is 29.4 Å². The van der Waals surface area contributed by atoms with Crippen LogP contribution in [0, 0.1) is 5.82 Å². The lowest BCUT2D eigenvalue weighted by Crippen LogP contribution is -2.10. The fraction of sp³-hybridized carbons (Fsp3) is 0.308. The largest absolute Gasteiger partial charge is 0.316 e. The molecule has 0 spiro atoms. The van der Waals surface area contributed by atoms with Crippen molar-refractivity contribution in [2.75, 3.05) is 13.1 Å². The monoisotopic (exact) mass is 265 g/mol. The molecule has 1 aliphatic heterocycles. The van der Waals surface area contributed by atoms with E-state index in [9.17, 15) is 4.39 Å². The zero-order valence-corrected chi connectivity index (χ0v) is 10.5. The highest BCUT2D eigenvalue weighted by molar-refractivity contribution is 6.30. The fourth-order valence-electron chi connectivity index (χ4n) is 2.41. The van der Waals surface area contributed by atoms with E-state index in [4.69, 9.17) is 11.6 Å². The smallest absolute Gasteiger partial charge is 0.126 e. The second-order valence-electron chi connectivity index (χ2n) is 4.51. The highest BCUT2D eigenvalue weighted by Gasteiger charge is 2.20. The van der Waals surface area contributed by atoms with Crippen molar-refractivity contribution in [3.63, 3.8) is 0 Å². The van der Waals surface area contributed by atoms with Crippen molar-refractivity contribution in [2.45, 2.75) is 12.3 Å². The molecule has 1 aromatic heterocycles. The Hall–Kier alpha value is -1.39. The topological polar surface area (TPSA) is 29.9 Å². The molecule has 1 N–H and O–H groups in total. The van der Waals surface area contributed by atoms with Crippen LogP contribution in [0.25, 0.3) is 5.69 Å². The van der Waals surface area contributed by atoms with E-state index >= 15 is 0 Å². The van der Waals surface area contributed by atoms with Gasteiger partial charge in [0.2, 0.25) is 0 Å². The average Bonchev–Trinajstić information content (AvgIpc) is 2.98. The molecule has 2 heterocycles. The van der Waals surface area contributed by atoms with E-state index in [0.29, 0.717) is 10.9 Å². The molecule has 0 amide bonds. The van der Waals surface area contributed by atoms with Gasteiger partial charge >= 0.3 is 0 Å². The molecular weight excluding hydrogens is 253 g/mol. The normalized spacial score (nSPS) is 19.3. The van der Waals surface area contributed by atoms with Gasteiger partial charge in [-0.05, 0) is 31.2 Å². The molecule has 0 saturated carbocycles. The zero-order chi connectivity index (χ0) is 12.5. The van der Waals surface area contributed by atoms with E-state index in [1.54, 1.807) is 12.4 Å². The minimum Gasteiger partial charge on any atom is -0.316 e. The van der Waals surface area contributed by atoms with Gasteiger partial charge in [0.1, 0.15) is 5.82 Å². The summed E-state index contributed by atoms with van der Waals surface area (Å²) in [7, 11) is 0. The summed E-state index contributed by atoms with van der Waals surface area (Å²) in [5.41, 5.74) is 1.82. The lowest BCUT2D eigenvalue weighted by Gasteiger charge is -2.13. The highest BCUT2D eigenvalue weighted by Crippen LogP contribution is 2.26. The Morgan fingerprint density at radius 2 is 2.28 bits per heavy atom. The van der Waals surface area contributed by atoms with Crippen molar-refractivity contribution in [2.24, 2.45) is 0 Å². The second kappa shape index (κ2) is 4.71. The molecule has 1 atom stereocenters. The number of benzene rings is 1. The van der Waals surface area contributed by atoms with Gasteiger partial charge in [-0.3, -0.25) is 0 Å². The third-order valence-electron chi connectivity index (χ3n) is 3.27. The van der Waals surface area contributed by atoms with Gasteiger partial charge in [-0.1, -0.05) is 11.6 Å². The SMILES string of the molecule is Fc1cc(Cl)cc(-n2cncc2C2CCNC2)c1. The average molecular weight is 266 g/mol. The first-order valence-electron chi connectivity index (χ1n) is 5.93. The van der Waals surface area contributed by atoms with Crippen LogP contribution in [0.3, 0.4) is 0 Å². The van der Waals surface area contributed by atoms with Crippen LogP contribution < -0.4 is 5.32 Å². The van der Waals surface area contributed by atoms with E-state index in [2.05, 4.69) is 10.3 Å². The summed E-state index contributed by atoms with van der Waals surface area (Å²) in [4.78, 5) is 4.17. The van der Waals surface area contributed by atoms with Crippen molar-refractivity contribution in [1.82, 2.24) is 14.9 Å². The fourth-order valence-corrected chi connectivity index (χ4v) is 2.62. The molecule has 1 aliphatic rings. The number of hydrogen-bond acceptors (Lipinski definition) is 2. The Morgan fingerprint density at radius 1 is 1.39 bits per heavy atom. The minimum atomic E-state index is -0.332. The molecule has 94 valence electrons. The number of imidazole rings is 1. The van der Waals surface area contributed by atoms with E-state index < -0.39 is 0 Å². The van der Waals surface area contributed by atoms with Crippen LogP contribution in [0.4, 0.5) is 4.39 Å². The highest BCUT2D eigenvalue weighted by atomic mass is 35.5. The number of aromatic nitrogens is 2. The Kier molecular flexibility index (Phi) is 3.06. The lowest BCUT2D eigenvalue weighted by molar-refractivity contribution is 0.625. The summed E-state index contributed by atoms with van der Waals surface area (Å²) in [5, 5.41) is 3.72. The molecule has 0 radical (unpaired) electrons. The van der Waals surface area contributed by atoms with Gasteiger partial charge in [-0.25, -0.2) is 9.37 Å². The Balaban J connectivity index is 2.03. The number of hydrogen-bond donors (Lipinski definition) is 1. The molecule has 1 saturated heterocycles. The van der Waals surface area contributed by atoms with Crippen molar-refractivity contribution in [3.8, 4) is 5.69 Å². The maximum absolute atomic E-state index is 13.4. The molecule has 0 aliphatic carbocycles. The third kappa shape index (κ3) is 2.13. The maximum Gasteiger partial charge on any atom is 0.126 e. The third-order valence-corrected chi connectivity index (χ3v) is 3.49. The molecular formula is C13H13ClFN3. The summed E-state index contributed by atoms with van der Waals surface area (Å²) >= 11 is 5.89. The van der Waals surface area contributed by atoms with Gasteiger partial charge in [0.15, 0.2) is 0 Å². The van der Waals surface area contributed by atoms with Crippen LogP contribution in [0.2, 0.25) is 5.02 Å². The Labute approximate surface area is 110 Å². The molecule has 2 aromatic rings. The molecule has 1 fully saturated rings. The first kappa shape index (κ1) is 11.7. The van der Waals surface area contributed by atoms with Crippen LogP contribution in [0.5, 0.6) is 0 Å². The second-order valence-corrected chi connectivity index (χ2v) is 4.94. The molecule has 1 aromatic carbocycles. The van der Waals surface area contributed by atoms with Gasteiger partial charge in [-0.15, -0.1) is 0 Å². The van der Waals surface area contributed by atoms with Crippen LogP contribution in [0.1, 0.15) is 18.0 Å². The summed E-state index contributed by atoms with van der Waals surface area (Å²) in [6, 6.07) is 4.52. The Bertz CT molecular complexity index is 541. The predicted molar refractivity (Wildman–Crippen MR) is 68.8 cm³/mol. The summed E-state index contributed by atoms with van der Waals surface area (Å²) < 4.78 is 15.3. The molecule has 1 unspecified atom stereocenters. The van der Waals surface area contributed by atoms with Crippen molar-refractivity contribution >= 4 is 11.6 Å². The molecule has 3 rings (SSSR count). The predicted octanol–water partition coefficient (Wildman–Crippen LogP) is 2.74. The summed E-state index contributed by atoms with van der Waals surface area (Å²) in [6.07, 6.45) is 4.63. The van der Waals surface area contributed by atoms with E-state index in [1.807, 2.05) is 10.8 Å². The minimum absolute atomic E-state index is 0.332. The summed E-state index contributed by atoms with van der Waals surface area (Å²) in [6.45, 7) is 1.95. The standard InChI is InChI=1S/C13H13ClFN3/c14-10-3-11(15)5-12(4-10)18-8-17-7-13(18)9-1-2-16-6-9/h3-5,7-9,16H,1-2,6H2. The van der Waals surface area contributed by atoms with Crippen LogP contribution in [-0.4, -0.2) is 22.6 Å². The van der Waals surface area contributed by atoms with Gasteiger partial charge < -0.3 is 9.88 Å². The van der Waals surface area contributed by atoms with Gasteiger partial charge in [-0.2, -0.15) is 0 Å². The van der Waals surface area contributed by atoms with Crippen LogP contribution in [0.15, 0.2) is 30.7 Å². The van der Waals surface area contributed by atoms with Crippen LogP contribution in [-0.2, 0) is 0 Å². The quantitative estimate of drug-likeness (QED) is 0.905. The number of rotatable bonds is 2. The number of nitrogens with zero attached hydrogens (tertiary/aromatic N) is 2. The van der Waals surface area contributed by atoms with Gasteiger partial charge in [0.05, 0.1) is 12.0 Å². The first-order valence-corrected chi connectivity index (χ1v) is 6.31. The maximum atomic E-state index is 13.4. The van der Waals surface area contributed by atoms with Crippen molar-refractivity contribution in [1.29, 1.82) is 0 Å². The lowest BCUT2D eigenvalue weighted by atomic mass is 10.1. The zero-order valence-electron chi connectivity index (χ0n) is 9.74. The number of nitrogens with one attached hydrogen (secondary N) is 1. The first-order chi connectivity index (χ1) is 8.74. The summed E-state index contributed by atoms with van der Waals surface area (Å²) in [5.74, 6) is 0.0937. The molecule has 18 heavy (non-hydrogen) atoms.